The minimum atomic E-state index is 0.652. The highest BCUT2D eigenvalue weighted by atomic mass is 32.1. The van der Waals surface area contributed by atoms with Gasteiger partial charge in [-0.05, 0) is 83.6 Å². The van der Waals surface area contributed by atoms with Gasteiger partial charge in [0.15, 0.2) is 11.4 Å². The second kappa shape index (κ2) is 11.0. The quantitative estimate of drug-likeness (QED) is 0.171. The van der Waals surface area contributed by atoms with E-state index in [1.165, 1.54) is 0 Å². The Morgan fingerprint density at radius 1 is 0.392 bits per heavy atom. The summed E-state index contributed by atoms with van der Waals surface area (Å²) in [5.41, 5.74) is 8.38. The fourth-order valence-corrected chi connectivity index (χ4v) is 8.59. The van der Waals surface area contributed by atoms with Gasteiger partial charge in [0.25, 0.3) is 0 Å². The first-order chi connectivity index (χ1) is 25.2. The Morgan fingerprint density at radius 2 is 0.882 bits per heavy atom. The first-order valence-corrected chi connectivity index (χ1v) is 18.2. The summed E-state index contributed by atoms with van der Waals surface area (Å²) < 4.78 is 19.1. The smallest absolute Gasteiger partial charge is 0.164 e. The van der Waals surface area contributed by atoms with Crippen molar-refractivity contribution < 1.29 is 13.3 Å². The Balaban J connectivity index is 1.02. The average molecular weight is 697 g/mol. The summed E-state index contributed by atoms with van der Waals surface area (Å²) in [7, 11) is 0. The molecule has 0 radical (unpaired) electrons. The monoisotopic (exact) mass is 696 g/mol. The first-order valence-electron chi connectivity index (χ1n) is 16.5. The third kappa shape index (κ3) is 4.49. The number of hydrogen-bond donors (Lipinski definition) is 0. The molecule has 11 aromatic rings. The van der Waals surface area contributed by atoms with E-state index in [1.807, 2.05) is 48.5 Å². The van der Waals surface area contributed by atoms with Crippen molar-refractivity contribution in [3.05, 3.63) is 144 Å². The van der Waals surface area contributed by atoms with Gasteiger partial charge in [-0.15, -0.1) is 32.9 Å². The van der Waals surface area contributed by atoms with E-state index in [-0.39, 0.29) is 0 Å². The number of furan rings is 3. The number of fused-ring (bicyclic) bond motifs is 9. The molecular formula is C42H24N4O3S2. The lowest BCUT2D eigenvalue weighted by Gasteiger charge is -2.23. The van der Waals surface area contributed by atoms with Crippen LogP contribution in [0.1, 0.15) is 0 Å². The Labute approximate surface area is 297 Å². The second-order valence-electron chi connectivity index (χ2n) is 12.3. The summed E-state index contributed by atoms with van der Waals surface area (Å²) in [5.74, 6) is 0.652. The highest BCUT2D eigenvalue weighted by Gasteiger charge is 2.22. The van der Waals surface area contributed by atoms with E-state index in [0.717, 1.165) is 81.9 Å². The molecule has 0 N–H and O–H groups in total. The van der Waals surface area contributed by atoms with Gasteiger partial charge in [0, 0.05) is 51.2 Å². The maximum atomic E-state index is 6.57. The second-order valence-corrected chi connectivity index (χ2v) is 14.2. The maximum Gasteiger partial charge on any atom is 0.164 e. The molecule has 6 heterocycles. The highest BCUT2D eigenvalue weighted by Crippen LogP contribution is 2.44. The molecule has 6 aromatic heterocycles. The van der Waals surface area contributed by atoms with E-state index in [9.17, 15) is 0 Å². The fourth-order valence-electron chi connectivity index (χ4n) is 7.06. The van der Waals surface area contributed by atoms with Gasteiger partial charge in [-0.1, -0.05) is 36.4 Å². The molecule has 0 spiro atoms. The minimum Gasteiger partial charge on any atom is -0.456 e. The number of aromatic nitrogens is 2. The van der Waals surface area contributed by atoms with Crippen LogP contribution in [0.5, 0.6) is 0 Å². The van der Waals surface area contributed by atoms with Crippen LogP contribution in [0, 0.1) is 0 Å². The number of nitrogens with zero attached hydrogens (tertiary/aromatic N) is 4. The fraction of sp³-hybridized carbons (Fsp3) is 0. The Kier molecular flexibility index (Phi) is 6.16. The molecule has 0 atom stereocenters. The van der Waals surface area contributed by atoms with Crippen molar-refractivity contribution in [2.75, 3.05) is 9.80 Å². The van der Waals surface area contributed by atoms with Gasteiger partial charge in [0.2, 0.25) is 0 Å². The van der Waals surface area contributed by atoms with Crippen molar-refractivity contribution in [1.29, 1.82) is 0 Å². The number of anilines is 6. The summed E-state index contributed by atoms with van der Waals surface area (Å²) in [6.45, 7) is 0. The summed E-state index contributed by atoms with van der Waals surface area (Å²) in [6, 6.07) is 45.4. The van der Waals surface area contributed by atoms with Crippen LogP contribution in [0.25, 0.3) is 65.9 Å². The van der Waals surface area contributed by atoms with Crippen LogP contribution in [-0.2, 0) is 0 Å². The molecule has 0 saturated heterocycles. The third-order valence-electron chi connectivity index (χ3n) is 9.37. The lowest BCUT2D eigenvalue weighted by molar-refractivity contribution is 0.667. The van der Waals surface area contributed by atoms with Gasteiger partial charge in [0.05, 0.1) is 22.1 Å². The van der Waals surface area contributed by atoms with Gasteiger partial charge in [-0.2, -0.15) is 0 Å². The molecule has 0 aliphatic heterocycles. The van der Waals surface area contributed by atoms with Crippen LogP contribution < -0.4 is 9.80 Å². The molecular weight excluding hydrogens is 673 g/mol. The molecule has 0 bridgehead atoms. The molecule has 0 aliphatic rings. The SMILES string of the molecule is c1csc(N(c2ccc3c(c2)oc2ccccc23)c2ccc3c(c2)oc2cc(N(c4ccc5c(c4)oc4ccccc45)c4cccs4)nnc23)c1. The molecule has 11 rings (SSSR count). The zero-order valence-electron chi connectivity index (χ0n) is 26.7. The number of thiophene rings is 2. The van der Waals surface area contributed by atoms with Crippen LogP contribution in [0.4, 0.5) is 32.9 Å². The molecule has 0 unspecified atom stereocenters. The van der Waals surface area contributed by atoms with Crippen molar-refractivity contribution >= 4 is 122 Å². The van der Waals surface area contributed by atoms with E-state index >= 15 is 0 Å². The molecule has 51 heavy (non-hydrogen) atoms. The summed E-state index contributed by atoms with van der Waals surface area (Å²) in [6.07, 6.45) is 0. The van der Waals surface area contributed by atoms with Gasteiger partial charge in [0.1, 0.15) is 38.4 Å². The van der Waals surface area contributed by atoms with Crippen LogP contribution in [0.15, 0.2) is 157 Å². The first kappa shape index (κ1) is 28.4. The predicted octanol–water partition coefficient (Wildman–Crippen LogP) is 13.2. The number of hydrogen-bond acceptors (Lipinski definition) is 9. The van der Waals surface area contributed by atoms with Gasteiger partial charge < -0.3 is 18.2 Å². The van der Waals surface area contributed by atoms with Crippen molar-refractivity contribution in [3.8, 4) is 0 Å². The maximum absolute atomic E-state index is 6.57. The Bertz CT molecular complexity index is 2860. The van der Waals surface area contributed by atoms with Crippen molar-refractivity contribution in [3.63, 3.8) is 0 Å². The Hall–Kier alpha value is -6.42. The van der Waals surface area contributed by atoms with Crippen LogP contribution in [-0.4, -0.2) is 10.2 Å². The predicted molar refractivity (Wildman–Crippen MR) is 209 cm³/mol. The highest BCUT2D eigenvalue weighted by molar-refractivity contribution is 7.14. The molecule has 242 valence electrons. The van der Waals surface area contributed by atoms with E-state index in [4.69, 9.17) is 23.4 Å². The van der Waals surface area contributed by atoms with Crippen LogP contribution >= 0.6 is 22.7 Å². The summed E-state index contributed by atoms with van der Waals surface area (Å²) >= 11 is 3.31. The normalized spacial score (nSPS) is 11.9. The van der Waals surface area contributed by atoms with Crippen LogP contribution in [0.3, 0.4) is 0 Å². The summed E-state index contributed by atoms with van der Waals surface area (Å²) in [5, 5.41) is 21.0. The molecule has 0 aliphatic carbocycles. The van der Waals surface area contributed by atoms with Crippen molar-refractivity contribution in [2.45, 2.75) is 0 Å². The van der Waals surface area contributed by atoms with Crippen LogP contribution in [0.2, 0.25) is 0 Å². The van der Waals surface area contributed by atoms with E-state index in [2.05, 4.69) is 105 Å². The zero-order valence-corrected chi connectivity index (χ0v) is 28.3. The lowest BCUT2D eigenvalue weighted by Crippen LogP contribution is -2.10. The van der Waals surface area contributed by atoms with Gasteiger partial charge in [-0.3, -0.25) is 4.90 Å². The Morgan fingerprint density at radius 3 is 1.47 bits per heavy atom. The van der Waals surface area contributed by atoms with Gasteiger partial charge >= 0.3 is 0 Å². The third-order valence-corrected chi connectivity index (χ3v) is 11.1. The number of para-hydroxylation sites is 2. The average Bonchev–Trinajstić information content (AvgIpc) is 4.01. The van der Waals surface area contributed by atoms with E-state index < -0.39 is 0 Å². The van der Waals surface area contributed by atoms with Crippen molar-refractivity contribution in [2.24, 2.45) is 0 Å². The summed E-state index contributed by atoms with van der Waals surface area (Å²) in [4.78, 5) is 4.32. The van der Waals surface area contributed by atoms with E-state index in [0.29, 0.717) is 16.9 Å². The number of rotatable bonds is 6. The molecule has 0 saturated carbocycles. The standard InChI is InChI=1S/C42H24N4O3S2/c1-3-9-33-28(7-1)30-16-13-25(21-35(30)47-33)45(40-11-5-19-50-40)26-15-18-32-37(22-26)49-38-24-39(43-44-42(32)38)46(41-12-6-20-51-41)27-14-17-31-29-8-2-4-10-34(29)48-36(31)23-27/h1-24H. The molecule has 9 heteroatoms. The van der Waals surface area contributed by atoms with E-state index in [1.54, 1.807) is 22.7 Å². The lowest BCUT2D eigenvalue weighted by atomic mass is 10.1. The minimum absolute atomic E-state index is 0.652. The molecule has 7 nitrogen and oxygen atoms in total. The molecule has 0 amide bonds. The topological polar surface area (TPSA) is 71.7 Å². The molecule has 0 fully saturated rings. The number of benzene rings is 5. The van der Waals surface area contributed by atoms with Gasteiger partial charge in [-0.25, -0.2) is 0 Å². The zero-order chi connectivity index (χ0) is 33.5. The largest absolute Gasteiger partial charge is 0.456 e. The van der Waals surface area contributed by atoms with Crippen molar-refractivity contribution in [1.82, 2.24) is 10.2 Å². The molecule has 5 aromatic carbocycles.